The van der Waals surface area contributed by atoms with Gasteiger partial charge in [0.2, 0.25) is 11.8 Å². The maximum atomic E-state index is 12.9. The lowest BCUT2D eigenvalue weighted by atomic mass is 10.0. The van der Waals surface area contributed by atoms with Crippen LogP contribution in [-0.4, -0.2) is 47.7 Å². The van der Waals surface area contributed by atoms with Crippen LogP contribution in [0.25, 0.3) is 0 Å². The molecule has 0 radical (unpaired) electrons. The maximum Gasteiger partial charge on any atom is 0.226 e. The molecule has 7 heteroatoms. The molecule has 1 fully saturated rings. The van der Waals surface area contributed by atoms with E-state index in [4.69, 9.17) is 9.26 Å². The van der Waals surface area contributed by atoms with Gasteiger partial charge in [0, 0.05) is 44.5 Å². The van der Waals surface area contributed by atoms with Gasteiger partial charge in [-0.3, -0.25) is 4.79 Å². The van der Waals surface area contributed by atoms with Crippen molar-refractivity contribution in [3.63, 3.8) is 0 Å². The van der Waals surface area contributed by atoms with Gasteiger partial charge in [0.1, 0.15) is 5.75 Å². The van der Waals surface area contributed by atoms with Crippen LogP contribution in [0.15, 0.2) is 28.8 Å². The predicted octanol–water partition coefficient (Wildman–Crippen LogP) is 2.53. The minimum Gasteiger partial charge on any atom is -0.496 e. The van der Waals surface area contributed by atoms with Crippen molar-refractivity contribution in [2.24, 2.45) is 0 Å². The summed E-state index contributed by atoms with van der Waals surface area (Å²) in [6, 6.07) is 7.89. The fraction of sp³-hybridized carbons (Fsp3) is 0.550. The summed E-state index contributed by atoms with van der Waals surface area (Å²) in [5.41, 5.74) is 1.04. The number of para-hydroxylation sites is 1. The van der Waals surface area contributed by atoms with E-state index in [1.54, 1.807) is 7.11 Å². The molecule has 1 amide bonds. The highest BCUT2D eigenvalue weighted by Crippen LogP contribution is 2.30. The number of piperazine rings is 1. The number of methoxy groups -OCH3 is 1. The number of carbonyl (C=O) groups excluding carboxylic acids is 1. The zero-order chi connectivity index (χ0) is 19.1. The van der Waals surface area contributed by atoms with Crippen molar-refractivity contribution in [2.45, 2.75) is 45.1 Å². The second-order valence-corrected chi connectivity index (χ2v) is 6.76. The highest BCUT2D eigenvalue weighted by molar-refractivity contribution is 5.77. The molecule has 1 atom stereocenters. The smallest absolute Gasteiger partial charge is 0.226 e. The first-order valence-corrected chi connectivity index (χ1v) is 9.67. The fourth-order valence-electron chi connectivity index (χ4n) is 3.47. The van der Waals surface area contributed by atoms with E-state index < -0.39 is 0 Å². The van der Waals surface area contributed by atoms with E-state index in [0.29, 0.717) is 31.7 Å². The molecule has 2 aromatic rings. The largest absolute Gasteiger partial charge is 0.496 e. The van der Waals surface area contributed by atoms with E-state index in [0.717, 1.165) is 43.1 Å². The molecule has 3 rings (SSSR count). The van der Waals surface area contributed by atoms with E-state index in [2.05, 4.69) is 22.4 Å². The minimum absolute atomic E-state index is 0.0121. The monoisotopic (exact) mass is 372 g/mol. The molecule has 1 aromatic heterocycles. The Morgan fingerprint density at radius 3 is 3.04 bits per heavy atom. The van der Waals surface area contributed by atoms with E-state index in [1.807, 2.05) is 29.2 Å². The molecule has 0 aliphatic carbocycles. The third-order valence-electron chi connectivity index (χ3n) is 4.83. The second-order valence-electron chi connectivity index (χ2n) is 6.76. The molecule has 1 unspecified atom stereocenters. The Labute approximate surface area is 160 Å². The van der Waals surface area contributed by atoms with Crippen LogP contribution in [0.1, 0.15) is 49.5 Å². The number of ether oxygens (including phenoxy) is 1. The van der Waals surface area contributed by atoms with Gasteiger partial charge in [-0.25, -0.2) is 0 Å². The SMILES string of the molecule is CCCc1noc(CCCC(=O)N2CCNCC2c2ccccc2OC)n1. The van der Waals surface area contributed by atoms with Gasteiger partial charge in [-0.1, -0.05) is 30.3 Å². The molecule has 1 aliphatic heterocycles. The number of aromatic nitrogens is 2. The lowest BCUT2D eigenvalue weighted by Gasteiger charge is -2.37. The molecule has 1 N–H and O–H groups in total. The number of rotatable bonds is 8. The summed E-state index contributed by atoms with van der Waals surface area (Å²) < 4.78 is 10.7. The van der Waals surface area contributed by atoms with Crippen molar-refractivity contribution >= 4 is 5.91 Å². The van der Waals surface area contributed by atoms with E-state index >= 15 is 0 Å². The molecule has 146 valence electrons. The minimum atomic E-state index is -0.0121. The molecule has 1 saturated heterocycles. The number of hydrogen-bond acceptors (Lipinski definition) is 6. The normalized spacial score (nSPS) is 17.1. The average molecular weight is 372 g/mol. The van der Waals surface area contributed by atoms with Gasteiger partial charge in [0.15, 0.2) is 5.82 Å². The summed E-state index contributed by atoms with van der Waals surface area (Å²) in [5, 5.41) is 7.34. The van der Waals surface area contributed by atoms with Gasteiger partial charge in [0.05, 0.1) is 13.2 Å². The van der Waals surface area contributed by atoms with Crippen LogP contribution in [0.5, 0.6) is 5.75 Å². The number of hydrogen-bond donors (Lipinski definition) is 1. The fourth-order valence-corrected chi connectivity index (χ4v) is 3.47. The molecular weight excluding hydrogens is 344 g/mol. The second kappa shape index (κ2) is 9.50. The Bertz CT molecular complexity index is 746. The molecule has 27 heavy (non-hydrogen) atoms. The topological polar surface area (TPSA) is 80.5 Å². The first-order valence-electron chi connectivity index (χ1n) is 9.67. The van der Waals surface area contributed by atoms with Gasteiger partial charge in [-0.05, 0) is 18.9 Å². The van der Waals surface area contributed by atoms with Crippen molar-refractivity contribution in [1.29, 1.82) is 0 Å². The zero-order valence-corrected chi connectivity index (χ0v) is 16.1. The van der Waals surface area contributed by atoms with Crippen LogP contribution in [-0.2, 0) is 17.6 Å². The number of nitrogens with one attached hydrogen (secondary N) is 1. The summed E-state index contributed by atoms with van der Waals surface area (Å²) in [5.74, 6) is 2.34. The summed E-state index contributed by atoms with van der Waals surface area (Å²) in [6.07, 6.45) is 3.62. The van der Waals surface area contributed by atoms with Crippen LogP contribution < -0.4 is 10.1 Å². The van der Waals surface area contributed by atoms with Crippen molar-refractivity contribution < 1.29 is 14.1 Å². The summed E-state index contributed by atoms with van der Waals surface area (Å²) in [6.45, 7) is 4.32. The van der Waals surface area contributed by atoms with Crippen LogP contribution >= 0.6 is 0 Å². The van der Waals surface area contributed by atoms with Crippen molar-refractivity contribution in [3.05, 3.63) is 41.5 Å². The third-order valence-corrected chi connectivity index (χ3v) is 4.83. The Kier molecular flexibility index (Phi) is 6.81. The third kappa shape index (κ3) is 4.86. The lowest BCUT2D eigenvalue weighted by molar-refractivity contribution is -0.134. The maximum absolute atomic E-state index is 12.9. The standard InChI is InChI=1S/C20H28N4O3/c1-3-7-18-22-19(27-23-18)10-6-11-20(25)24-13-12-21-14-16(24)15-8-4-5-9-17(15)26-2/h4-5,8-9,16,21H,3,6-7,10-14H2,1-2H3. The quantitative estimate of drug-likeness (QED) is 0.767. The molecule has 0 bridgehead atoms. The van der Waals surface area contributed by atoms with Gasteiger partial charge in [-0.15, -0.1) is 0 Å². The molecule has 1 aromatic carbocycles. The Morgan fingerprint density at radius 1 is 1.37 bits per heavy atom. The first-order chi connectivity index (χ1) is 13.2. The summed E-state index contributed by atoms with van der Waals surface area (Å²) in [7, 11) is 1.67. The number of benzene rings is 1. The number of nitrogens with zero attached hydrogens (tertiary/aromatic N) is 3. The highest BCUT2D eigenvalue weighted by Gasteiger charge is 2.29. The zero-order valence-electron chi connectivity index (χ0n) is 16.1. The molecule has 1 aliphatic rings. The predicted molar refractivity (Wildman–Crippen MR) is 102 cm³/mol. The molecule has 7 nitrogen and oxygen atoms in total. The summed E-state index contributed by atoms with van der Waals surface area (Å²) in [4.78, 5) is 19.2. The lowest BCUT2D eigenvalue weighted by Crippen LogP contribution is -2.48. The number of carbonyl (C=O) groups is 1. The van der Waals surface area contributed by atoms with Crippen LogP contribution in [0, 0.1) is 0 Å². The van der Waals surface area contributed by atoms with E-state index in [-0.39, 0.29) is 11.9 Å². The Balaban J connectivity index is 1.59. The highest BCUT2D eigenvalue weighted by atomic mass is 16.5. The number of amides is 1. The molecule has 0 spiro atoms. The van der Waals surface area contributed by atoms with Crippen LogP contribution in [0.4, 0.5) is 0 Å². The Morgan fingerprint density at radius 2 is 2.22 bits per heavy atom. The average Bonchev–Trinajstić information content (AvgIpc) is 3.15. The van der Waals surface area contributed by atoms with Crippen LogP contribution in [0.3, 0.4) is 0 Å². The van der Waals surface area contributed by atoms with Gasteiger partial charge >= 0.3 is 0 Å². The van der Waals surface area contributed by atoms with Gasteiger partial charge in [-0.2, -0.15) is 4.98 Å². The molecular formula is C20H28N4O3. The van der Waals surface area contributed by atoms with Gasteiger partial charge < -0.3 is 19.5 Å². The molecule has 0 saturated carbocycles. The van der Waals surface area contributed by atoms with Gasteiger partial charge in [0.25, 0.3) is 0 Å². The Hall–Kier alpha value is -2.41. The van der Waals surface area contributed by atoms with E-state index in [9.17, 15) is 4.79 Å². The van der Waals surface area contributed by atoms with Crippen LogP contribution in [0.2, 0.25) is 0 Å². The van der Waals surface area contributed by atoms with Crippen molar-refractivity contribution in [2.75, 3.05) is 26.7 Å². The van der Waals surface area contributed by atoms with Crippen molar-refractivity contribution in [1.82, 2.24) is 20.4 Å². The summed E-state index contributed by atoms with van der Waals surface area (Å²) >= 11 is 0. The molecule has 2 heterocycles. The van der Waals surface area contributed by atoms with E-state index in [1.165, 1.54) is 0 Å². The first kappa shape index (κ1) is 19.4. The van der Waals surface area contributed by atoms with Crippen molar-refractivity contribution in [3.8, 4) is 5.75 Å². The number of aryl methyl sites for hydroxylation is 2.